The Balaban J connectivity index is 1.79. The van der Waals surface area contributed by atoms with Crippen molar-refractivity contribution in [2.45, 2.75) is 71.9 Å². The maximum atomic E-state index is 12.5. The SMILES string of the molecule is CCn1ncc(C(C)NC(=S)Nc2sc3c(c2C(=O)OC)CCCCCC3)c1C. The van der Waals surface area contributed by atoms with E-state index >= 15 is 0 Å². The maximum absolute atomic E-state index is 12.5. The van der Waals surface area contributed by atoms with E-state index < -0.39 is 0 Å². The molecule has 1 aliphatic rings. The van der Waals surface area contributed by atoms with Crippen LogP contribution in [0.15, 0.2) is 6.20 Å². The van der Waals surface area contributed by atoms with Crippen molar-refractivity contribution in [2.75, 3.05) is 12.4 Å². The first-order chi connectivity index (χ1) is 14.0. The zero-order valence-corrected chi connectivity index (χ0v) is 19.3. The summed E-state index contributed by atoms with van der Waals surface area (Å²) >= 11 is 7.21. The maximum Gasteiger partial charge on any atom is 0.341 e. The Hall–Kier alpha value is -1.93. The number of nitrogens with one attached hydrogen (secondary N) is 2. The third-order valence-electron chi connectivity index (χ3n) is 5.54. The fraction of sp³-hybridized carbons (Fsp3) is 0.571. The van der Waals surface area contributed by atoms with Crippen molar-refractivity contribution < 1.29 is 9.53 Å². The number of hydrogen-bond acceptors (Lipinski definition) is 5. The number of hydrogen-bond donors (Lipinski definition) is 2. The molecule has 0 bridgehead atoms. The lowest BCUT2D eigenvalue weighted by molar-refractivity contribution is 0.0601. The number of ether oxygens (including phenoxy) is 1. The minimum Gasteiger partial charge on any atom is -0.465 e. The molecule has 1 aliphatic carbocycles. The summed E-state index contributed by atoms with van der Waals surface area (Å²) in [6.45, 7) is 7.04. The van der Waals surface area contributed by atoms with Crippen molar-refractivity contribution in [3.05, 3.63) is 33.5 Å². The van der Waals surface area contributed by atoms with Crippen molar-refractivity contribution in [2.24, 2.45) is 0 Å². The van der Waals surface area contributed by atoms with Crippen molar-refractivity contribution in [1.29, 1.82) is 0 Å². The van der Waals surface area contributed by atoms with E-state index in [1.54, 1.807) is 11.3 Å². The smallest absolute Gasteiger partial charge is 0.341 e. The summed E-state index contributed by atoms with van der Waals surface area (Å²) in [6, 6.07) is 0.0119. The molecular formula is C21H30N4O2S2. The van der Waals surface area contributed by atoms with Crippen molar-refractivity contribution in [3.63, 3.8) is 0 Å². The topological polar surface area (TPSA) is 68.2 Å². The van der Waals surface area contributed by atoms with Crippen LogP contribution in [0.5, 0.6) is 0 Å². The fourth-order valence-corrected chi connectivity index (χ4v) is 5.57. The van der Waals surface area contributed by atoms with E-state index in [-0.39, 0.29) is 12.0 Å². The molecule has 0 saturated carbocycles. The molecule has 0 spiro atoms. The molecule has 1 atom stereocenters. The molecule has 0 amide bonds. The highest BCUT2D eigenvalue weighted by atomic mass is 32.1. The van der Waals surface area contributed by atoms with E-state index in [2.05, 4.69) is 36.5 Å². The molecule has 2 heterocycles. The van der Waals surface area contributed by atoms with Crippen LogP contribution in [-0.2, 0) is 24.1 Å². The summed E-state index contributed by atoms with van der Waals surface area (Å²) in [5.74, 6) is -0.290. The molecular weight excluding hydrogens is 404 g/mol. The molecule has 2 N–H and O–H groups in total. The van der Waals surface area contributed by atoms with Crippen LogP contribution in [0.25, 0.3) is 0 Å². The summed E-state index contributed by atoms with van der Waals surface area (Å²) in [4.78, 5) is 13.8. The highest BCUT2D eigenvalue weighted by molar-refractivity contribution is 7.80. The van der Waals surface area contributed by atoms with Crippen LogP contribution in [0.1, 0.15) is 77.6 Å². The van der Waals surface area contributed by atoms with Gasteiger partial charge in [-0.1, -0.05) is 12.8 Å². The van der Waals surface area contributed by atoms with Crippen LogP contribution in [0, 0.1) is 6.92 Å². The Kier molecular flexibility index (Phi) is 7.29. The number of methoxy groups -OCH3 is 1. The molecule has 3 rings (SSSR count). The van der Waals surface area contributed by atoms with E-state index in [0.717, 1.165) is 54.0 Å². The number of esters is 1. The largest absolute Gasteiger partial charge is 0.465 e. The number of fused-ring (bicyclic) bond motifs is 1. The summed E-state index contributed by atoms with van der Waals surface area (Å²) < 4.78 is 7.06. The van der Waals surface area contributed by atoms with E-state index in [1.165, 1.54) is 24.8 Å². The predicted molar refractivity (Wildman–Crippen MR) is 122 cm³/mol. The van der Waals surface area contributed by atoms with Gasteiger partial charge in [0.05, 0.1) is 24.9 Å². The van der Waals surface area contributed by atoms with Gasteiger partial charge in [-0.3, -0.25) is 4.68 Å². The second-order valence-electron chi connectivity index (χ2n) is 7.43. The molecule has 158 valence electrons. The molecule has 2 aromatic rings. The Bertz CT molecular complexity index is 888. The average Bonchev–Trinajstić information content (AvgIpc) is 3.20. The van der Waals surface area contributed by atoms with Gasteiger partial charge in [0.15, 0.2) is 5.11 Å². The molecule has 2 aromatic heterocycles. The third kappa shape index (κ3) is 4.80. The molecule has 6 nitrogen and oxygen atoms in total. The number of aromatic nitrogens is 2. The summed E-state index contributed by atoms with van der Waals surface area (Å²) in [7, 11) is 1.44. The van der Waals surface area contributed by atoms with E-state index in [9.17, 15) is 4.79 Å². The van der Waals surface area contributed by atoms with Gasteiger partial charge in [-0.15, -0.1) is 11.3 Å². The van der Waals surface area contributed by atoms with Crippen molar-refractivity contribution in [1.82, 2.24) is 15.1 Å². The van der Waals surface area contributed by atoms with Gasteiger partial charge in [-0.25, -0.2) is 4.79 Å². The van der Waals surface area contributed by atoms with Gasteiger partial charge < -0.3 is 15.4 Å². The van der Waals surface area contributed by atoms with Gasteiger partial charge >= 0.3 is 5.97 Å². The van der Waals surface area contributed by atoms with Gasteiger partial charge in [0.2, 0.25) is 0 Å². The lowest BCUT2D eigenvalue weighted by atomic mass is 9.96. The molecule has 1 unspecified atom stereocenters. The highest BCUT2D eigenvalue weighted by Gasteiger charge is 2.25. The molecule has 0 fully saturated rings. The summed E-state index contributed by atoms with van der Waals surface area (Å²) in [5, 5.41) is 12.3. The normalized spacial score (nSPS) is 15.0. The van der Waals surface area contributed by atoms with Crippen LogP contribution in [0.2, 0.25) is 0 Å². The number of aryl methyl sites for hydroxylation is 2. The number of thiophene rings is 1. The van der Waals surface area contributed by atoms with E-state index in [0.29, 0.717) is 10.7 Å². The van der Waals surface area contributed by atoms with Gasteiger partial charge in [0, 0.05) is 22.7 Å². The zero-order chi connectivity index (χ0) is 21.0. The van der Waals surface area contributed by atoms with E-state index in [4.69, 9.17) is 17.0 Å². The predicted octanol–water partition coefficient (Wildman–Crippen LogP) is 4.77. The quantitative estimate of drug-likeness (QED) is 0.522. The third-order valence-corrected chi connectivity index (χ3v) is 6.97. The number of carbonyl (C=O) groups is 1. The Labute approximate surface area is 182 Å². The van der Waals surface area contributed by atoms with Gasteiger partial charge in [0.25, 0.3) is 0 Å². The summed E-state index contributed by atoms with van der Waals surface area (Å²) in [5.41, 5.74) is 4.04. The molecule has 0 aromatic carbocycles. The lowest BCUT2D eigenvalue weighted by Crippen LogP contribution is -2.31. The zero-order valence-electron chi connectivity index (χ0n) is 17.6. The van der Waals surface area contributed by atoms with E-state index in [1.807, 2.05) is 10.9 Å². The van der Waals surface area contributed by atoms with Crippen LogP contribution < -0.4 is 10.6 Å². The molecule has 0 saturated heterocycles. The second-order valence-corrected chi connectivity index (χ2v) is 8.95. The van der Waals surface area contributed by atoms with Gasteiger partial charge in [-0.2, -0.15) is 5.10 Å². The first-order valence-electron chi connectivity index (χ1n) is 10.3. The molecule has 29 heavy (non-hydrogen) atoms. The number of rotatable bonds is 5. The monoisotopic (exact) mass is 434 g/mol. The Morgan fingerprint density at radius 2 is 2.07 bits per heavy atom. The standard InChI is InChI=1S/C21H30N4O2S2/c1-5-25-14(3)16(12-22-25)13(2)23-21(28)24-19-18(20(26)27-4)15-10-8-6-7-9-11-17(15)29-19/h12-13H,5-11H2,1-4H3,(H2,23,24,28). The van der Waals surface area contributed by atoms with Crippen LogP contribution in [-0.4, -0.2) is 28.0 Å². The number of anilines is 1. The number of thiocarbonyl (C=S) groups is 1. The second kappa shape index (κ2) is 9.71. The number of nitrogens with zero attached hydrogens (tertiary/aromatic N) is 2. The van der Waals surface area contributed by atoms with Crippen LogP contribution in [0.3, 0.4) is 0 Å². The van der Waals surface area contributed by atoms with Crippen LogP contribution in [0.4, 0.5) is 5.00 Å². The van der Waals surface area contributed by atoms with Crippen LogP contribution >= 0.6 is 23.6 Å². The van der Waals surface area contributed by atoms with Gasteiger partial charge in [-0.05, 0) is 64.2 Å². The summed E-state index contributed by atoms with van der Waals surface area (Å²) in [6.07, 6.45) is 8.54. The first-order valence-corrected chi connectivity index (χ1v) is 11.5. The van der Waals surface area contributed by atoms with Gasteiger partial charge in [0.1, 0.15) is 5.00 Å². The Morgan fingerprint density at radius 1 is 1.34 bits per heavy atom. The first kappa shape index (κ1) is 21.8. The Morgan fingerprint density at radius 3 is 2.72 bits per heavy atom. The highest BCUT2D eigenvalue weighted by Crippen LogP contribution is 2.37. The molecule has 0 aliphatic heterocycles. The average molecular weight is 435 g/mol. The minimum atomic E-state index is -0.290. The van der Waals surface area contributed by atoms with Crippen molar-refractivity contribution >= 4 is 39.6 Å². The lowest BCUT2D eigenvalue weighted by Gasteiger charge is -2.17. The fourth-order valence-electron chi connectivity index (χ4n) is 3.94. The van der Waals surface area contributed by atoms with Crippen molar-refractivity contribution in [3.8, 4) is 0 Å². The number of carbonyl (C=O) groups excluding carboxylic acids is 1. The molecule has 0 radical (unpaired) electrons. The minimum absolute atomic E-state index is 0.0119. The molecule has 8 heteroatoms.